The monoisotopic (exact) mass is 451 g/mol. The quantitative estimate of drug-likeness (QED) is 0.531. The van der Waals surface area contributed by atoms with Gasteiger partial charge in [0.25, 0.3) is 0 Å². The molecule has 0 aliphatic carbocycles. The van der Waals surface area contributed by atoms with Crippen LogP contribution in [0.5, 0.6) is 0 Å². The van der Waals surface area contributed by atoms with Crippen molar-refractivity contribution < 1.29 is 9.53 Å². The van der Waals surface area contributed by atoms with Gasteiger partial charge in [-0.1, -0.05) is 48.2 Å². The minimum atomic E-state index is -0.0339. The zero-order chi connectivity index (χ0) is 22.3. The zero-order valence-corrected chi connectivity index (χ0v) is 19.3. The van der Waals surface area contributed by atoms with Crippen molar-refractivity contribution in [3.05, 3.63) is 71.5 Å². The Morgan fingerprint density at radius 2 is 2.03 bits per heavy atom. The second kappa shape index (κ2) is 10.8. The fourth-order valence-corrected chi connectivity index (χ4v) is 4.43. The summed E-state index contributed by atoms with van der Waals surface area (Å²) in [6.07, 6.45) is 1.68. The molecule has 0 radical (unpaired) electrons. The van der Waals surface area contributed by atoms with Crippen molar-refractivity contribution in [1.82, 2.24) is 25.0 Å². The molecule has 0 spiro atoms. The molecule has 2 heterocycles. The van der Waals surface area contributed by atoms with Gasteiger partial charge in [-0.05, 0) is 42.7 Å². The van der Waals surface area contributed by atoms with Crippen LogP contribution in [-0.4, -0.2) is 63.7 Å². The predicted octanol–water partition coefficient (Wildman–Crippen LogP) is 2.99. The highest BCUT2D eigenvalue weighted by Gasteiger charge is 2.21. The highest BCUT2D eigenvalue weighted by atomic mass is 32.2. The molecule has 1 unspecified atom stereocenters. The number of amides is 1. The molecule has 4 rings (SSSR count). The highest BCUT2D eigenvalue weighted by molar-refractivity contribution is 7.99. The van der Waals surface area contributed by atoms with Crippen LogP contribution in [0, 0.1) is 13.8 Å². The van der Waals surface area contributed by atoms with Gasteiger partial charge in [-0.2, -0.15) is 0 Å². The molecule has 1 fully saturated rings. The van der Waals surface area contributed by atoms with Crippen LogP contribution in [0.4, 0.5) is 0 Å². The maximum absolute atomic E-state index is 12.4. The van der Waals surface area contributed by atoms with Crippen molar-refractivity contribution in [2.45, 2.75) is 31.7 Å². The number of aryl methyl sites for hydroxylation is 2. The van der Waals surface area contributed by atoms with Gasteiger partial charge in [0.05, 0.1) is 18.5 Å². The number of nitrogens with zero attached hydrogens (tertiary/aromatic N) is 4. The first-order chi connectivity index (χ1) is 15.6. The van der Waals surface area contributed by atoms with E-state index in [1.165, 1.54) is 28.5 Å². The number of aromatic nitrogens is 3. The maximum Gasteiger partial charge on any atom is 0.230 e. The molecule has 32 heavy (non-hydrogen) atoms. The fraction of sp³-hybridized carbons (Fsp3) is 0.375. The van der Waals surface area contributed by atoms with Gasteiger partial charge in [-0.25, -0.2) is 0 Å². The Labute approximate surface area is 193 Å². The Bertz CT molecular complexity index is 1040. The first-order valence-corrected chi connectivity index (χ1v) is 11.8. The summed E-state index contributed by atoms with van der Waals surface area (Å²) in [5, 5.41) is 11.9. The lowest BCUT2D eigenvalue weighted by molar-refractivity contribution is -0.119. The third-order valence-corrected chi connectivity index (χ3v) is 6.56. The number of rotatable bonds is 8. The van der Waals surface area contributed by atoms with Gasteiger partial charge < -0.3 is 10.1 Å². The van der Waals surface area contributed by atoms with Crippen LogP contribution in [0.1, 0.15) is 16.7 Å². The van der Waals surface area contributed by atoms with E-state index >= 15 is 0 Å². The summed E-state index contributed by atoms with van der Waals surface area (Å²) in [6, 6.07) is 16.7. The smallest absolute Gasteiger partial charge is 0.230 e. The van der Waals surface area contributed by atoms with E-state index in [1.54, 1.807) is 6.33 Å². The molecule has 1 aliphatic rings. The summed E-state index contributed by atoms with van der Waals surface area (Å²) < 4.78 is 7.77. The van der Waals surface area contributed by atoms with Crippen molar-refractivity contribution in [2.24, 2.45) is 0 Å². The highest BCUT2D eigenvalue weighted by Crippen LogP contribution is 2.21. The van der Waals surface area contributed by atoms with E-state index in [2.05, 4.69) is 70.7 Å². The van der Waals surface area contributed by atoms with Crippen molar-refractivity contribution in [3.8, 4) is 5.69 Å². The summed E-state index contributed by atoms with van der Waals surface area (Å²) >= 11 is 1.38. The number of hydrogen-bond acceptors (Lipinski definition) is 6. The largest absolute Gasteiger partial charge is 0.374 e. The van der Waals surface area contributed by atoms with Gasteiger partial charge in [0.2, 0.25) is 5.91 Å². The molecule has 168 valence electrons. The molecule has 0 bridgehead atoms. The molecule has 0 saturated carbocycles. The third-order valence-electron chi connectivity index (χ3n) is 5.62. The Morgan fingerprint density at radius 3 is 2.84 bits per heavy atom. The number of nitrogens with one attached hydrogen (secondary N) is 1. The van der Waals surface area contributed by atoms with Crippen molar-refractivity contribution in [3.63, 3.8) is 0 Å². The van der Waals surface area contributed by atoms with Gasteiger partial charge in [0.1, 0.15) is 6.33 Å². The number of carbonyl (C=O) groups excluding carboxylic acids is 1. The minimum absolute atomic E-state index is 0.000554. The van der Waals surface area contributed by atoms with Crippen LogP contribution in [0.3, 0.4) is 0 Å². The molecule has 1 aliphatic heterocycles. The standard InChI is InChI=1S/C24H29N5O2S/c1-18-8-9-21(12-19(18)2)29-17-26-27-24(29)32-16-23(30)25-13-22-15-28(10-11-31-22)14-20-6-4-3-5-7-20/h3-9,12,17,22H,10-11,13-16H2,1-2H3,(H,25,30). The first kappa shape index (κ1) is 22.5. The average molecular weight is 452 g/mol. The molecular formula is C24H29N5O2S. The minimum Gasteiger partial charge on any atom is -0.374 e. The Kier molecular flexibility index (Phi) is 7.57. The zero-order valence-electron chi connectivity index (χ0n) is 18.5. The molecule has 1 aromatic heterocycles. The molecular weight excluding hydrogens is 422 g/mol. The number of hydrogen-bond donors (Lipinski definition) is 1. The van der Waals surface area contributed by atoms with Crippen molar-refractivity contribution >= 4 is 17.7 Å². The second-order valence-electron chi connectivity index (χ2n) is 8.06. The maximum atomic E-state index is 12.4. The average Bonchev–Trinajstić information content (AvgIpc) is 3.28. The lowest BCUT2D eigenvalue weighted by Crippen LogP contribution is -2.47. The van der Waals surface area contributed by atoms with E-state index in [0.29, 0.717) is 18.3 Å². The summed E-state index contributed by atoms with van der Waals surface area (Å²) in [5.41, 5.74) is 4.73. The van der Waals surface area contributed by atoms with E-state index in [1.807, 2.05) is 16.7 Å². The molecule has 3 aromatic rings. The van der Waals surface area contributed by atoms with Crippen molar-refractivity contribution in [2.75, 3.05) is 32.0 Å². The van der Waals surface area contributed by atoms with E-state index in [4.69, 9.17) is 4.74 Å². The van der Waals surface area contributed by atoms with Crippen LogP contribution in [0.25, 0.3) is 5.69 Å². The summed E-state index contributed by atoms with van der Waals surface area (Å²) in [7, 11) is 0. The fourth-order valence-electron chi connectivity index (χ4n) is 3.67. The molecule has 7 nitrogen and oxygen atoms in total. The third kappa shape index (κ3) is 5.97. The molecule has 1 atom stereocenters. The van der Waals surface area contributed by atoms with Crippen LogP contribution < -0.4 is 5.32 Å². The normalized spacial score (nSPS) is 16.8. The summed E-state index contributed by atoms with van der Waals surface area (Å²) in [4.78, 5) is 14.8. The number of carbonyl (C=O) groups is 1. The van der Waals surface area contributed by atoms with Crippen LogP contribution >= 0.6 is 11.8 Å². The molecule has 1 N–H and O–H groups in total. The van der Waals surface area contributed by atoms with Gasteiger partial charge in [0.15, 0.2) is 5.16 Å². The molecule has 1 saturated heterocycles. The summed E-state index contributed by atoms with van der Waals surface area (Å²) in [5.74, 6) is 0.248. The van der Waals surface area contributed by atoms with Crippen molar-refractivity contribution in [1.29, 1.82) is 0 Å². The van der Waals surface area contributed by atoms with E-state index < -0.39 is 0 Å². The van der Waals surface area contributed by atoms with E-state index in [9.17, 15) is 4.79 Å². The van der Waals surface area contributed by atoms with Crippen LogP contribution in [0.2, 0.25) is 0 Å². The molecule has 8 heteroatoms. The van der Waals surface area contributed by atoms with E-state index in [0.717, 1.165) is 25.3 Å². The summed E-state index contributed by atoms with van der Waals surface area (Å²) in [6.45, 7) is 7.97. The van der Waals surface area contributed by atoms with Crippen LogP contribution in [0.15, 0.2) is 60.0 Å². The SMILES string of the molecule is Cc1ccc(-n2cnnc2SCC(=O)NCC2CN(Cc3ccccc3)CCO2)cc1C. The number of morpholine rings is 1. The van der Waals surface area contributed by atoms with Gasteiger partial charge in [-0.3, -0.25) is 14.3 Å². The first-order valence-electron chi connectivity index (χ1n) is 10.8. The number of ether oxygens (including phenoxy) is 1. The molecule has 1 amide bonds. The topological polar surface area (TPSA) is 72.3 Å². The predicted molar refractivity (Wildman–Crippen MR) is 126 cm³/mol. The van der Waals surface area contributed by atoms with E-state index in [-0.39, 0.29) is 17.8 Å². The Hall–Kier alpha value is -2.68. The lowest BCUT2D eigenvalue weighted by Gasteiger charge is -2.33. The van der Waals surface area contributed by atoms with Gasteiger partial charge in [-0.15, -0.1) is 10.2 Å². The molecule has 2 aromatic carbocycles. The Balaban J connectivity index is 1.24. The van der Waals surface area contributed by atoms with Gasteiger partial charge in [0, 0.05) is 31.9 Å². The number of thioether (sulfide) groups is 1. The lowest BCUT2D eigenvalue weighted by atomic mass is 10.1. The van der Waals surface area contributed by atoms with Gasteiger partial charge >= 0.3 is 0 Å². The van der Waals surface area contributed by atoms with Crippen LogP contribution in [-0.2, 0) is 16.1 Å². The number of benzene rings is 2. The second-order valence-corrected chi connectivity index (χ2v) is 9.00. The Morgan fingerprint density at radius 1 is 1.19 bits per heavy atom.